The zero-order valence-corrected chi connectivity index (χ0v) is 16.0. The fourth-order valence-electron chi connectivity index (χ4n) is 2.98. The van der Waals surface area contributed by atoms with E-state index >= 15 is 0 Å². The van der Waals surface area contributed by atoms with Gasteiger partial charge in [-0.05, 0) is 45.9 Å². The number of alkyl halides is 3. The molecule has 1 aromatic carbocycles. The molecule has 7 nitrogen and oxygen atoms in total. The van der Waals surface area contributed by atoms with Crippen LogP contribution in [0.4, 0.5) is 18.9 Å². The maximum absolute atomic E-state index is 13.0. The highest BCUT2D eigenvalue weighted by molar-refractivity contribution is 6.47. The molecule has 1 N–H and O–H groups in total. The lowest BCUT2D eigenvalue weighted by Crippen LogP contribution is -2.24. The van der Waals surface area contributed by atoms with E-state index in [1.165, 1.54) is 30.7 Å². The van der Waals surface area contributed by atoms with Crippen LogP contribution in [0.5, 0.6) is 0 Å². The molecule has 152 valence electrons. The summed E-state index contributed by atoms with van der Waals surface area (Å²) in [5, 5.41) is 10.3. The summed E-state index contributed by atoms with van der Waals surface area (Å²) >= 11 is 0. The van der Waals surface area contributed by atoms with E-state index < -0.39 is 23.4 Å². The molecule has 0 aliphatic rings. The molecule has 29 heavy (non-hydrogen) atoms. The van der Waals surface area contributed by atoms with Crippen molar-refractivity contribution in [2.75, 3.05) is 5.32 Å². The minimum absolute atomic E-state index is 0.0201. The lowest BCUT2D eigenvalue weighted by Gasteiger charge is -2.10. The average Bonchev–Trinajstić information content (AvgIpc) is 3.13. The number of hydrogen-bond acceptors (Lipinski definition) is 5. The van der Waals surface area contributed by atoms with E-state index in [4.69, 9.17) is 4.52 Å². The maximum Gasteiger partial charge on any atom is 0.416 e. The lowest BCUT2D eigenvalue weighted by atomic mass is 10.1. The quantitative estimate of drug-likeness (QED) is 0.524. The number of nitrogens with zero attached hydrogens (tertiary/aromatic N) is 3. The Labute approximate surface area is 163 Å². The van der Waals surface area contributed by atoms with Gasteiger partial charge in [0.2, 0.25) is 0 Å². The summed E-state index contributed by atoms with van der Waals surface area (Å²) < 4.78 is 45.2. The fourth-order valence-corrected chi connectivity index (χ4v) is 2.98. The molecular formula is C19H17F3N4O3. The number of halogens is 3. The number of aromatic nitrogens is 3. The molecule has 3 rings (SSSR count). The van der Waals surface area contributed by atoms with Crippen molar-refractivity contribution in [1.82, 2.24) is 14.9 Å². The highest BCUT2D eigenvalue weighted by Gasteiger charge is 2.31. The Bertz CT molecular complexity index is 1090. The molecule has 2 heterocycles. The second kappa shape index (κ2) is 7.19. The van der Waals surface area contributed by atoms with Gasteiger partial charge in [0.05, 0.1) is 28.2 Å². The van der Waals surface area contributed by atoms with Crippen molar-refractivity contribution in [3.05, 3.63) is 58.2 Å². The molecular weight excluding hydrogens is 389 g/mol. The summed E-state index contributed by atoms with van der Waals surface area (Å²) in [7, 11) is 0. The smallest absolute Gasteiger partial charge is 0.359 e. The van der Waals surface area contributed by atoms with E-state index in [2.05, 4.69) is 15.6 Å². The summed E-state index contributed by atoms with van der Waals surface area (Å²) in [5.41, 5.74) is 0.490. The molecule has 10 heteroatoms. The summed E-state index contributed by atoms with van der Waals surface area (Å²) in [6.07, 6.45) is -4.51. The normalized spacial score (nSPS) is 11.6. The maximum atomic E-state index is 13.0. The van der Waals surface area contributed by atoms with Crippen LogP contribution in [-0.2, 0) is 11.0 Å². The number of rotatable bonds is 4. The van der Waals surface area contributed by atoms with Crippen LogP contribution in [0.2, 0.25) is 0 Å². The number of Topliss-reactive ketones (excluding diaryl/α,β-unsaturated/α-hetero) is 1. The first-order chi connectivity index (χ1) is 13.5. The highest BCUT2D eigenvalue weighted by Crippen LogP contribution is 2.31. The third-order valence-corrected chi connectivity index (χ3v) is 4.41. The first kappa shape index (κ1) is 20.3. The van der Waals surface area contributed by atoms with Crippen molar-refractivity contribution in [3.63, 3.8) is 0 Å². The van der Waals surface area contributed by atoms with Crippen molar-refractivity contribution in [2.24, 2.45) is 0 Å². The number of hydrogen-bond donors (Lipinski definition) is 1. The van der Waals surface area contributed by atoms with Crippen LogP contribution in [-0.4, -0.2) is 26.6 Å². The number of carbonyl (C=O) groups excluding carboxylic acids is 2. The van der Waals surface area contributed by atoms with Gasteiger partial charge in [-0.3, -0.25) is 9.59 Å². The lowest BCUT2D eigenvalue weighted by molar-refractivity contribution is -0.137. The van der Waals surface area contributed by atoms with Crippen LogP contribution in [0, 0.1) is 27.7 Å². The molecule has 0 radical (unpaired) electrons. The number of nitrogens with one attached hydrogen (secondary N) is 1. The zero-order valence-electron chi connectivity index (χ0n) is 16.0. The van der Waals surface area contributed by atoms with Crippen molar-refractivity contribution >= 4 is 17.4 Å². The van der Waals surface area contributed by atoms with Crippen LogP contribution < -0.4 is 5.32 Å². The Hall–Kier alpha value is -3.43. The molecule has 0 saturated heterocycles. The van der Waals surface area contributed by atoms with Crippen LogP contribution in [0.15, 0.2) is 28.8 Å². The summed E-state index contributed by atoms with van der Waals surface area (Å²) in [4.78, 5) is 25.1. The Morgan fingerprint density at radius 2 is 1.79 bits per heavy atom. The molecule has 2 aromatic heterocycles. The second-order valence-corrected chi connectivity index (χ2v) is 6.49. The fraction of sp³-hybridized carbons (Fsp3) is 0.263. The van der Waals surface area contributed by atoms with Crippen LogP contribution in [0.1, 0.15) is 38.8 Å². The molecule has 0 aliphatic heterocycles. The van der Waals surface area contributed by atoms with Gasteiger partial charge >= 0.3 is 6.18 Å². The Morgan fingerprint density at radius 1 is 1.10 bits per heavy atom. The molecule has 0 spiro atoms. The van der Waals surface area contributed by atoms with Crippen molar-refractivity contribution in [3.8, 4) is 5.69 Å². The summed E-state index contributed by atoms with van der Waals surface area (Å²) in [6.45, 7) is 6.21. The van der Waals surface area contributed by atoms with E-state index in [-0.39, 0.29) is 22.6 Å². The summed E-state index contributed by atoms with van der Waals surface area (Å²) in [6, 6.07) is 4.56. The number of anilines is 1. The van der Waals surface area contributed by atoms with Crippen LogP contribution >= 0.6 is 0 Å². The van der Waals surface area contributed by atoms with Crippen LogP contribution in [0.3, 0.4) is 0 Å². The molecule has 0 unspecified atom stereocenters. The van der Waals surface area contributed by atoms with Gasteiger partial charge in [0.25, 0.3) is 11.7 Å². The Kier molecular flexibility index (Phi) is 5.04. The van der Waals surface area contributed by atoms with Gasteiger partial charge in [-0.1, -0.05) is 11.2 Å². The van der Waals surface area contributed by atoms with E-state index in [1.54, 1.807) is 13.8 Å². The Morgan fingerprint density at radius 3 is 2.38 bits per heavy atom. The second-order valence-electron chi connectivity index (χ2n) is 6.49. The molecule has 3 aromatic rings. The SMILES string of the molecule is Cc1noc(C)c1NC(=O)C(=O)c1c(C)nn(-c2cccc(C(F)(F)F)c2)c1C. The highest BCUT2D eigenvalue weighted by atomic mass is 19.4. The van der Waals surface area contributed by atoms with E-state index in [0.717, 1.165) is 12.1 Å². The molecule has 1 amide bonds. The van der Waals surface area contributed by atoms with Crippen molar-refractivity contribution in [2.45, 2.75) is 33.9 Å². The zero-order chi connectivity index (χ0) is 21.5. The number of carbonyl (C=O) groups is 2. The first-order valence-corrected chi connectivity index (χ1v) is 8.53. The van der Waals surface area contributed by atoms with Gasteiger partial charge in [0, 0.05) is 0 Å². The third-order valence-electron chi connectivity index (χ3n) is 4.41. The standard InChI is InChI=1S/C19H17F3N4O3/c1-9-15(17(27)18(28)23-16-10(2)25-29-12(16)4)11(3)26(24-9)14-7-5-6-13(8-14)19(20,21)22/h5-8H,1-4H3,(H,23,28). The van der Waals surface area contributed by atoms with E-state index in [1.807, 2.05) is 0 Å². The Balaban J connectivity index is 1.96. The number of aryl methyl sites for hydroxylation is 3. The third kappa shape index (κ3) is 3.78. The van der Waals surface area contributed by atoms with Crippen LogP contribution in [0.25, 0.3) is 5.69 Å². The van der Waals surface area contributed by atoms with Gasteiger partial charge in [0.15, 0.2) is 5.76 Å². The van der Waals surface area contributed by atoms with Crippen molar-refractivity contribution in [1.29, 1.82) is 0 Å². The van der Waals surface area contributed by atoms with Gasteiger partial charge < -0.3 is 9.84 Å². The van der Waals surface area contributed by atoms with Gasteiger partial charge in [-0.2, -0.15) is 18.3 Å². The van der Waals surface area contributed by atoms with E-state index in [0.29, 0.717) is 17.1 Å². The average molecular weight is 406 g/mol. The number of benzene rings is 1. The van der Waals surface area contributed by atoms with Crippen molar-refractivity contribution < 1.29 is 27.3 Å². The molecule has 0 bridgehead atoms. The number of amides is 1. The first-order valence-electron chi connectivity index (χ1n) is 8.53. The molecule has 0 atom stereocenters. The van der Waals surface area contributed by atoms with Gasteiger partial charge in [-0.25, -0.2) is 4.68 Å². The van der Waals surface area contributed by atoms with Gasteiger partial charge in [-0.15, -0.1) is 0 Å². The topological polar surface area (TPSA) is 90.0 Å². The summed E-state index contributed by atoms with van der Waals surface area (Å²) in [5.74, 6) is -1.44. The molecule has 0 fully saturated rings. The monoisotopic (exact) mass is 406 g/mol. The predicted octanol–water partition coefficient (Wildman–Crippen LogP) is 3.93. The molecule has 0 saturated carbocycles. The van der Waals surface area contributed by atoms with E-state index in [9.17, 15) is 22.8 Å². The largest absolute Gasteiger partial charge is 0.416 e. The molecule has 0 aliphatic carbocycles. The predicted molar refractivity (Wildman–Crippen MR) is 97.0 cm³/mol. The minimum atomic E-state index is -4.51. The number of ketones is 1. The minimum Gasteiger partial charge on any atom is -0.359 e. The van der Waals surface area contributed by atoms with Gasteiger partial charge in [0.1, 0.15) is 11.4 Å².